The molecule has 2 nitrogen and oxygen atoms in total. The van der Waals surface area contributed by atoms with E-state index in [0.29, 0.717) is 0 Å². The van der Waals surface area contributed by atoms with Gasteiger partial charge in [0.25, 0.3) is 0 Å². The van der Waals surface area contributed by atoms with Crippen LogP contribution >= 0.6 is 0 Å². The van der Waals surface area contributed by atoms with Crippen molar-refractivity contribution in [1.29, 1.82) is 0 Å². The Hall–Kier alpha value is -1.54. The summed E-state index contributed by atoms with van der Waals surface area (Å²) < 4.78 is 0. The highest BCUT2D eigenvalue weighted by Crippen LogP contribution is 2.18. The first-order valence-corrected chi connectivity index (χ1v) is 5.27. The first-order valence-electron chi connectivity index (χ1n) is 5.27. The minimum absolute atomic E-state index is 0.953. The third-order valence-corrected chi connectivity index (χ3v) is 2.45. The molecule has 0 fully saturated rings. The van der Waals surface area contributed by atoms with Crippen molar-refractivity contribution in [2.24, 2.45) is 0 Å². The highest BCUT2D eigenvalue weighted by Gasteiger charge is 1.94. The summed E-state index contributed by atoms with van der Waals surface area (Å²) in [5.74, 6) is 0. The molecule has 0 unspecified atom stereocenters. The second-order valence-corrected chi connectivity index (χ2v) is 3.59. The Morgan fingerprint density at radius 3 is 2.53 bits per heavy atom. The van der Waals surface area contributed by atoms with Crippen LogP contribution in [0.25, 0.3) is 10.8 Å². The molecule has 0 heterocycles. The lowest BCUT2D eigenvalue weighted by atomic mass is 10.1. The molecule has 0 saturated carbocycles. The van der Waals surface area contributed by atoms with Crippen LogP contribution in [0.2, 0.25) is 0 Å². The number of nitrogens with one attached hydrogen (secondary N) is 2. The van der Waals surface area contributed by atoms with Gasteiger partial charge in [-0.2, -0.15) is 0 Å². The van der Waals surface area contributed by atoms with Crippen LogP contribution in [0.3, 0.4) is 0 Å². The minimum Gasteiger partial charge on any atom is -0.384 e. The van der Waals surface area contributed by atoms with E-state index in [9.17, 15) is 0 Å². The van der Waals surface area contributed by atoms with Crippen LogP contribution in [0.15, 0.2) is 42.5 Å². The smallest absolute Gasteiger partial charge is 0.0347 e. The van der Waals surface area contributed by atoms with Crippen LogP contribution in [0, 0.1) is 0 Å². The third-order valence-electron chi connectivity index (χ3n) is 2.45. The largest absolute Gasteiger partial charge is 0.384 e. The highest BCUT2D eigenvalue weighted by atomic mass is 14.9. The summed E-state index contributed by atoms with van der Waals surface area (Å²) in [6, 6.07) is 14.9. The molecule has 0 amide bonds. The summed E-state index contributed by atoms with van der Waals surface area (Å²) in [6.45, 7) is 1.93. The van der Waals surface area contributed by atoms with Crippen molar-refractivity contribution in [2.75, 3.05) is 25.5 Å². The lowest BCUT2D eigenvalue weighted by molar-refractivity contribution is 0.824. The van der Waals surface area contributed by atoms with Crippen molar-refractivity contribution in [3.8, 4) is 0 Å². The van der Waals surface area contributed by atoms with Crippen molar-refractivity contribution in [2.45, 2.75) is 0 Å². The van der Waals surface area contributed by atoms with Gasteiger partial charge in [0, 0.05) is 18.8 Å². The summed E-state index contributed by atoms with van der Waals surface area (Å²) in [5.41, 5.74) is 1.18. The molecule has 0 spiro atoms. The standard InChI is InChI=1S/C13H16N2/c1-14-8-9-15-13-7-6-11-4-2-3-5-12(11)10-13/h2-7,10,14-15H,8-9H2,1H3. The Labute approximate surface area is 90.3 Å². The van der Waals surface area contributed by atoms with E-state index >= 15 is 0 Å². The summed E-state index contributed by atoms with van der Waals surface area (Å²) in [5, 5.41) is 9.06. The molecule has 0 atom stereocenters. The average molecular weight is 200 g/mol. The SMILES string of the molecule is CNCCNc1ccc2ccccc2c1. The number of likely N-dealkylation sites (N-methyl/N-ethyl adjacent to an activating group) is 1. The van der Waals surface area contributed by atoms with Gasteiger partial charge >= 0.3 is 0 Å². The van der Waals surface area contributed by atoms with E-state index in [0.717, 1.165) is 13.1 Å². The van der Waals surface area contributed by atoms with Crippen LogP contribution in [-0.2, 0) is 0 Å². The van der Waals surface area contributed by atoms with Gasteiger partial charge in [0.1, 0.15) is 0 Å². The van der Waals surface area contributed by atoms with Crippen LogP contribution < -0.4 is 10.6 Å². The Kier molecular flexibility index (Phi) is 3.20. The van der Waals surface area contributed by atoms with Gasteiger partial charge in [-0.1, -0.05) is 30.3 Å². The van der Waals surface area contributed by atoms with Crippen LogP contribution in [-0.4, -0.2) is 20.1 Å². The van der Waals surface area contributed by atoms with Gasteiger partial charge < -0.3 is 10.6 Å². The van der Waals surface area contributed by atoms with Crippen molar-refractivity contribution >= 4 is 16.5 Å². The van der Waals surface area contributed by atoms with Gasteiger partial charge in [0.2, 0.25) is 0 Å². The van der Waals surface area contributed by atoms with Gasteiger partial charge in [-0.05, 0) is 30.0 Å². The van der Waals surface area contributed by atoms with Crippen molar-refractivity contribution in [1.82, 2.24) is 5.32 Å². The number of benzene rings is 2. The van der Waals surface area contributed by atoms with E-state index in [1.807, 2.05) is 7.05 Å². The van der Waals surface area contributed by atoms with Crippen molar-refractivity contribution in [3.63, 3.8) is 0 Å². The fourth-order valence-corrected chi connectivity index (χ4v) is 1.63. The maximum atomic E-state index is 3.38. The zero-order valence-corrected chi connectivity index (χ0v) is 8.96. The highest BCUT2D eigenvalue weighted by molar-refractivity contribution is 5.85. The van der Waals surface area contributed by atoms with E-state index in [4.69, 9.17) is 0 Å². The molecular formula is C13H16N2. The van der Waals surface area contributed by atoms with Crippen LogP contribution in [0.5, 0.6) is 0 Å². The van der Waals surface area contributed by atoms with Crippen molar-refractivity contribution in [3.05, 3.63) is 42.5 Å². The van der Waals surface area contributed by atoms with E-state index in [1.165, 1.54) is 16.5 Å². The van der Waals surface area contributed by atoms with Crippen LogP contribution in [0.4, 0.5) is 5.69 Å². The van der Waals surface area contributed by atoms with Crippen molar-refractivity contribution < 1.29 is 0 Å². The molecule has 0 bridgehead atoms. The summed E-state index contributed by atoms with van der Waals surface area (Å²) in [6.07, 6.45) is 0. The number of rotatable bonds is 4. The Morgan fingerprint density at radius 1 is 0.933 bits per heavy atom. The van der Waals surface area contributed by atoms with Crippen LogP contribution in [0.1, 0.15) is 0 Å². The fourth-order valence-electron chi connectivity index (χ4n) is 1.63. The molecule has 78 valence electrons. The molecule has 0 radical (unpaired) electrons. The quantitative estimate of drug-likeness (QED) is 0.741. The Morgan fingerprint density at radius 2 is 1.73 bits per heavy atom. The molecular weight excluding hydrogens is 184 g/mol. The fraction of sp³-hybridized carbons (Fsp3) is 0.231. The molecule has 2 heteroatoms. The summed E-state index contributed by atoms with van der Waals surface area (Å²) in [4.78, 5) is 0. The lowest BCUT2D eigenvalue weighted by Crippen LogP contribution is -2.17. The molecule has 0 aliphatic carbocycles. The van der Waals surface area contributed by atoms with Gasteiger partial charge in [-0.25, -0.2) is 0 Å². The average Bonchev–Trinajstić information content (AvgIpc) is 2.29. The van der Waals surface area contributed by atoms with Gasteiger partial charge in [0.05, 0.1) is 0 Å². The molecule has 0 saturated heterocycles. The second-order valence-electron chi connectivity index (χ2n) is 3.59. The maximum absolute atomic E-state index is 3.38. The maximum Gasteiger partial charge on any atom is 0.0347 e. The number of hydrogen-bond acceptors (Lipinski definition) is 2. The molecule has 2 aromatic carbocycles. The van der Waals surface area contributed by atoms with Gasteiger partial charge in [-0.15, -0.1) is 0 Å². The van der Waals surface area contributed by atoms with E-state index in [-0.39, 0.29) is 0 Å². The molecule has 0 aliphatic rings. The zero-order chi connectivity index (χ0) is 10.5. The predicted molar refractivity (Wildman–Crippen MR) is 66.4 cm³/mol. The first kappa shape index (κ1) is 9.99. The minimum atomic E-state index is 0.953. The Balaban J connectivity index is 2.16. The molecule has 15 heavy (non-hydrogen) atoms. The molecule has 0 aromatic heterocycles. The normalized spacial score (nSPS) is 10.5. The number of fused-ring (bicyclic) bond motifs is 1. The second kappa shape index (κ2) is 4.80. The van der Waals surface area contributed by atoms with Gasteiger partial charge in [-0.3, -0.25) is 0 Å². The topological polar surface area (TPSA) is 24.1 Å². The molecule has 2 N–H and O–H groups in total. The van der Waals surface area contributed by atoms with Gasteiger partial charge in [0.15, 0.2) is 0 Å². The molecule has 2 rings (SSSR count). The molecule has 2 aromatic rings. The Bertz CT molecular complexity index is 437. The van der Waals surface area contributed by atoms with E-state index < -0.39 is 0 Å². The summed E-state index contributed by atoms with van der Waals surface area (Å²) in [7, 11) is 1.96. The summed E-state index contributed by atoms with van der Waals surface area (Å²) >= 11 is 0. The lowest BCUT2D eigenvalue weighted by Gasteiger charge is -2.06. The monoisotopic (exact) mass is 200 g/mol. The predicted octanol–water partition coefficient (Wildman–Crippen LogP) is 2.47. The molecule has 0 aliphatic heterocycles. The first-order chi connectivity index (χ1) is 7.40. The third kappa shape index (κ3) is 2.48. The number of anilines is 1. The van der Waals surface area contributed by atoms with E-state index in [1.54, 1.807) is 0 Å². The number of hydrogen-bond donors (Lipinski definition) is 2. The van der Waals surface area contributed by atoms with E-state index in [2.05, 4.69) is 53.1 Å². The zero-order valence-electron chi connectivity index (χ0n) is 8.96.